The first-order valence-corrected chi connectivity index (χ1v) is 3.23. The Kier molecular flexibility index (Phi) is 61.1. The van der Waals surface area contributed by atoms with Crippen LogP contribution in [0.15, 0.2) is 0 Å². The van der Waals surface area contributed by atoms with E-state index in [9.17, 15) is 0 Å². The van der Waals surface area contributed by atoms with E-state index in [1.807, 2.05) is 0 Å². The van der Waals surface area contributed by atoms with Gasteiger partial charge in [-0.1, -0.05) is 0 Å². The fourth-order valence-electron chi connectivity index (χ4n) is 0. The van der Waals surface area contributed by atoms with Gasteiger partial charge in [0.1, 0.15) is 0 Å². The van der Waals surface area contributed by atoms with Gasteiger partial charge in [0.25, 0.3) is 0 Å². The number of carbonyl (C=O) groups is 4. The van der Waals surface area contributed by atoms with Crippen molar-refractivity contribution in [1.82, 2.24) is 0 Å². The Morgan fingerprint density at radius 2 is 0.722 bits per heavy atom. The van der Waals surface area contributed by atoms with Gasteiger partial charge in [0.05, 0.1) is 0 Å². The SMILES string of the molecule is O=C(Cl)Cl.O=C([O-])O.O=C([O-])O.O=C([O-])O.[Ca+2].[Na+]. The van der Waals surface area contributed by atoms with Crippen LogP contribution in [0.2, 0.25) is 0 Å². The van der Waals surface area contributed by atoms with Gasteiger partial charge in [-0.05, 0) is 23.2 Å². The third kappa shape index (κ3) is 37500. The van der Waals surface area contributed by atoms with Gasteiger partial charge in [-0.25, -0.2) is 0 Å². The van der Waals surface area contributed by atoms with Gasteiger partial charge in [0, 0.05) is 0 Å². The molecular formula is C4H3CaCl2NaO10. The smallest absolute Gasteiger partial charge is 0.565 e. The molecule has 96 valence electrons. The molecule has 0 amide bonds. The van der Waals surface area contributed by atoms with Crippen LogP contribution in [0.25, 0.3) is 0 Å². The summed E-state index contributed by atoms with van der Waals surface area (Å²) < 4.78 is -0.889. The molecule has 0 saturated heterocycles. The van der Waals surface area contributed by atoms with Crippen molar-refractivity contribution < 1.29 is 79.4 Å². The topological polar surface area (TPSA) is 198 Å². The monoisotopic (exact) mass is 344 g/mol. The quantitative estimate of drug-likeness (QED) is 0.282. The molecule has 0 fully saturated rings. The van der Waals surface area contributed by atoms with E-state index in [1.54, 1.807) is 0 Å². The van der Waals surface area contributed by atoms with Crippen LogP contribution >= 0.6 is 23.2 Å². The number of hydrogen-bond donors (Lipinski definition) is 3. The fourth-order valence-corrected chi connectivity index (χ4v) is 0. The third-order valence-corrected chi connectivity index (χ3v) is 0. The van der Waals surface area contributed by atoms with Gasteiger partial charge in [0.15, 0.2) is 0 Å². The molecule has 0 rings (SSSR count). The van der Waals surface area contributed by atoms with E-state index in [2.05, 4.69) is 23.2 Å². The first-order valence-electron chi connectivity index (χ1n) is 2.48. The minimum absolute atomic E-state index is 0. The molecule has 3 N–H and O–H groups in total. The number of rotatable bonds is 0. The Labute approximate surface area is 161 Å². The molecule has 0 aliphatic heterocycles. The Morgan fingerprint density at radius 1 is 0.722 bits per heavy atom. The van der Waals surface area contributed by atoms with E-state index in [-0.39, 0.29) is 67.3 Å². The van der Waals surface area contributed by atoms with Crippen LogP contribution in [0, 0.1) is 0 Å². The molecule has 0 aliphatic rings. The van der Waals surface area contributed by atoms with Crippen LogP contribution in [0.4, 0.5) is 19.2 Å². The van der Waals surface area contributed by atoms with Gasteiger partial charge in [-0.3, -0.25) is 4.79 Å². The standard InChI is InChI=1S/CCl2O.3CH2O3.Ca.Na/c4*2-1(3)4;;/h;3*(H2,2,3,4);;/q;;;;+2;+1/p-3. The zero-order chi connectivity index (χ0) is 14.3. The molecule has 0 saturated carbocycles. The van der Waals surface area contributed by atoms with Gasteiger partial charge in [-0.15, -0.1) is 0 Å². The maximum absolute atomic E-state index is 8.98. The summed E-state index contributed by atoms with van der Waals surface area (Å²) in [6, 6.07) is 0. The van der Waals surface area contributed by atoms with Crippen LogP contribution in [-0.4, -0.2) is 76.2 Å². The first kappa shape index (κ1) is 36.2. The number of halogens is 2. The van der Waals surface area contributed by atoms with Crippen molar-refractivity contribution in [2.24, 2.45) is 0 Å². The predicted octanol–water partition coefficient (Wildman–Crippen LogP) is -5.13. The van der Waals surface area contributed by atoms with E-state index in [0.717, 1.165) is 0 Å². The molecule has 0 aliphatic carbocycles. The molecular weight excluding hydrogens is 342 g/mol. The Bertz CT molecular complexity index is 172. The summed E-state index contributed by atoms with van der Waals surface area (Å²) in [5.41, 5.74) is 0. The van der Waals surface area contributed by atoms with Crippen LogP contribution in [0.1, 0.15) is 0 Å². The maximum atomic E-state index is 8.98. The van der Waals surface area contributed by atoms with Gasteiger partial charge in [-0.2, -0.15) is 0 Å². The zero-order valence-electron chi connectivity index (χ0n) is 8.66. The molecule has 0 aromatic carbocycles. The summed E-state index contributed by atoms with van der Waals surface area (Å²) in [5.74, 6) is 0. The van der Waals surface area contributed by atoms with Crippen molar-refractivity contribution in [3.8, 4) is 0 Å². The van der Waals surface area contributed by atoms with Crippen molar-refractivity contribution in [3.05, 3.63) is 0 Å². The summed E-state index contributed by atoms with van der Waals surface area (Å²) in [6.45, 7) is 0. The van der Waals surface area contributed by atoms with E-state index in [0.29, 0.717) is 0 Å². The summed E-state index contributed by atoms with van der Waals surface area (Å²) in [6.07, 6.45) is -6.25. The summed E-state index contributed by atoms with van der Waals surface area (Å²) in [4.78, 5) is 34.3. The molecule has 0 aromatic heterocycles. The van der Waals surface area contributed by atoms with Crippen molar-refractivity contribution >= 4 is 84.1 Å². The minimum Gasteiger partial charge on any atom is -0.565 e. The molecule has 10 nitrogen and oxygen atoms in total. The number of carbonyl (C=O) groups excluding carboxylic acids is 1. The molecule has 0 heterocycles. The number of hydrogen-bond acceptors (Lipinski definition) is 7. The Balaban J connectivity index is -0.0000000257. The van der Waals surface area contributed by atoms with Gasteiger partial charge in [0.2, 0.25) is 18.5 Å². The second-order valence-electron chi connectivity index (χ2n) is 1.02. The molecule has 0 aromatic rings. The molecule has 0 spiro atoms. The van der Waals surface area contributed by atoms with Crippen molar-refractivity contribution in [1.29, 1.82) is 0 Å². The van der Waals surface area contributed by atoms with Crippen molar-refractivity contribution in [3.63, 3.8) is 0 Å². The average molecular weight is 345 g/mol. The molecule has 14 heteroatoms. The van der Waals surface area contributed by atoms with E-state index in [1.165, 1.54) is 0 Å². The normalized spacial score (nSPS) is 5.44. The average Bonchev–Trinajstić information content (AvgIpc) is 1.76. The van der Waals surface area contributed by atoms with Gasteiger partial charge >= 0.3 is 72.0 Å². The second kappa shape index (κ2) is 30.4. The van der Waals surface area contributed by atoms with E-state index >= 15 is 0 Å². The largest absolute Gasteiger partial charge is 2.00 e. The Hall–Kier alpha value is 0.320. The van der Waals surface area contributed by atoms with Crippen LogP contribution < -0.4 is 44.9 Å². The van der Waals surface area contributed by atoms with Crippen LogP contribution in [0.5, 0.6) is 0 Å². The molecule has 18 heavy (non-hydrogen) atoms. The van der Waals surface area contributed by atoms with Crippen LogP contribution in [-0.2, 0) is 0 Å². The maximum Gasteiger partial charge on any atom is 2.00 e. The van der Waals surface area contributed by atoms with Gasteiger partial charge < -0.3 is 45.0 Å². The van der Waals surface area contributed by atoms with E-state index in [4.69, 9.17) is 49.8 Å². The zero-order valence-corrected chi connectivity index (χ0v) is 14.4. The van der Waals surface area contributed by atoms with E-state index < -0.39 is 23.2 Å². The first-order chi connectivity index (χ1) is 6.93. The second-order valence-corrected chi connectivity index (χ2v) is 1.90. The summed E-state index contributed by atoms with van der Waals surface area (Å²) >= 11 is 8.80. The van der Waals surface area contributed by atoms with Crippen molar-refractivity contribution in [2.75, 3.05) is 0 Å². The summed E-state index contributed by atoms with van der Waals surface area (Å²) in [5, 5.41) is 45.9. The summed E-state index contributed by atoms with van der Waals surface area (Å²) in [7, 11) is 0. The third-order valence-electron chi connectivity index (χ3n) is 0. The van der Waals surface area contributed by atoms with Crippen molar-refractivity contribution in [2.45, 2.75) is 0 Å². The fraction of sp³-hybridized carbons (Fsp3) is 0. The van der Waals surface area contributed by atoms with Crippen LogP contribution in [0.3, 0.4) is 0 Å². The molecule has 0 unspecified atom stereocenters. The predicted molar refractivity (Wildman–Crippen MR) is 46.9 cm³/mol. The molecule has 0 bridgehead atoms. The molecule has 0 atom stereocenters. The Morgan fingerprint density at radius 3 is 0.722 bits per heavy atom. The minimum atomic E-state index is -2.08. The molecule has 0 radical (unpaired) electrons. The number of carboxylic acid groups (broad SMARTS) is 6.